The second-order valence-corrected chi connectivity index (χ2v) is 3.82. The Labute approximate surface area is 106 Å². The Morgan fingerprint density at radius 2 is 1.79 bits per heavy atom. The molecule has 0 saturated heterocycles. The Morgan fingerprint density at radius 1 is 1.21 bits per heavy atom. The minimum atomic E-state index is -4.62. The van der Waals surface area contributed by atoms with Crippen LogP contribution in [0.25, 0.3) is 0 Å². The van der Waals surface area contributed by atoms with Crippen molar-refractivity contribution in [3.63, 3.8) is 0 Å². The summed E-state index contributed by atoms with van der Waals surface area (Å²) in [6, 6.07) is 1.67. The van der Waals surface area contributed by atoms with E-state index in [1.165, 1.54) is 6.92 Å². The van der Waals surface area contributed by atoms with E-state index in [1.54, 1.807) is 0 Å². The molecule has 1 aromatic rings. The van der Waals surface area contributed by atoms with Gasteiger partial charge >= 0.3 is 18.1 Å². The van der Waals surface area contributed by atoms with Gasteiger partial charge in [-0.1, -0.05) is 6.07 Å². The van der Waals surface area contributed by atoms with E-state index in [9.17, 15) is 26.7 Å². The van der Waals surface area contributed by atoms with Crippen LogP contribution in [0, 0.1) is 6.92 Å². The van der Waals surface area contributed by atoms with Crippen LogP contribution in [-0.4, -0.2) is 12.6 Å². The Kier molecular flexibility index (Phi) is 4.17. The summed E-state index contributed by atoms with van der Waals surface area (Å²) >= 11 is 0. The molecule has 0 amide bonds. The second-order valence-electron chi connectivity index (χ2n) is 3.82. The van der Waals surface area contributed by atoms with Gasteiger partial charge in [0.05, 0.1) is 12.2 Å². The Bertz CT molecular complexity index is 479. The first-order valence-corrected chi connectivity index (χ1v) is 5.34. The third-order valence-corrected chi connectivity index (χ3v) is 2.42. The zero-order valence-electron chi connectivity index (χ0n) is 10.1. The molecule has 0 atom stereocenters. The van der Waals surface area contributed by atoms with Crippen molar-refractivity contribution in [2.75, 3.05) is 6.61 Å². The fraction of sp³-hybridized carbons (Fsp3) is 0.417. The zero-order valence-corrected chi connectivity index (χ0v) is 10.1. The molecule has 0 saturated carbocycles. The average molecular weight is 282 g/mol. The number of alkyl halides is 5. The van der Waals surface area contributed by atoms with E-state index in [0.29, 0.717) is 18.2 Å². The molecule has 0 aliphatic heterocycles. The smallest absolute Gasteiger partial charge is 0.416 e. The van der Waals surface area contributed by atoms with Crippen LogP contribution in [0.3, 0.4) is 0 Å². The minimum Gasteiger partial charge on any atom is -0.461 e. The highest BCUT2D eigenvalue weighted by molar-refractivity contribution is 5.79. The summed E-state index contributed by atoms with van der Waals surface area (Å²) in [7, 11) is 0. The number of esters is 1. The van der Waals surface area contributed by atoms with Gasteiger partial charge in [0.1, 0.15) is 0 Å². The van der Waals surface area contributed by atoms with Crippen molar-refractivity contribution in [1.82, 2.24) is 0 Å². The van der Waals surface area contributed by atoms with Gasteiger partial charge in [0, 0.05) is 5.56 Å². The molecule has 1 aromatic carbocycles. The number of carbonyl (C=O) groups is 1. The van der Waals surface area contributed by atoms with Gasteiger partial charge in [-0.05, 0) is 31.5 Å². The summed E-state index contributed by atoms with van der Waals surface area (Å²) in [5, 5.41) is 0. The van der Waals surface area contributed by atoms with Gasteiger partial charge in [0.25, 0.3) is 0 Å². The fourth-order valence-electron chi connectivity index (χ4n) is 1.52. The quantitative estimate of drug-likeness (QED) is 0.624. The van der Waals surface area contributed by atoms with Crippen LogP contribution >= 0.6 is 0 Å². The Morgan fingerprint density at radius 3 is 2.21 bits per heavy atom. The second kappa shape index (κ2) is 5.14. The molecule has 106 valence electrons. The van der Waals surface area contributed by atoms with Crippen LogP contribution in [0.1, 0.15) is 23.6 Å². The molecule has 0 aliphatic rings. The summed E-state index contributed by atoms with van der Waals surface area (Å²) in [5.41, 5.74) is -2.17. The van der Waals surface area contributed by atoms with Crippen molar-refractivity contribution in [2.24, 2.45) is 0 Å². The summed E-state index contributed by atoms with van der Waals surface area (Å²) in [6.07, 6.45) is -4.62. The lowest BCUT2D eigenvalue weighted by Gasteiger charge is -2.18. The number of benzene rings is 1. The molecule has 0 N–H and O–H groups in total. The van der Waals surface area contributed by atoms with E-state index in [4.69, 9.17) is 0 Å². The van der Waals surface area contributed by atoms with Crippen molar-refractivity contribution in [3.05, 3.63) is 34.9 Å². The highest BCUT2D eigenvalue weighted by Crippen LogP contribution is 2.36. The first-order valence-electron chi connectivity index (χ1n) is 5.34. The predicted octanol–water partition coefficient (Wildman–Crippen LogP) is 3.67. The van der Waals surface area contributed by atoms with E-state index in [1.807, 2.05) is 0 Å². The normalized spacial score (nSPS) is 12.4. The molecule has 1 rings (SSSR count). The van der Waals surface area contributed by atoms with E-state index in [0.717, 1.165) is 6.92 Å². The van der Waals surface area contributed by atoms with E-state index in [2.05, 4.69) is 4.74 Å². The number of hydrogen-bond donors (Lipinski definition) is 0. The molecule has 2 nitrogen and oxygen atoms in total. The molecule has 0 aromatic heterocycles. The van der Waals surface area contributed by atoms with Crippen LogP contribution in [0.15, 0.2) is 18.2 Å². The van der Waals surface area contributed by atoms with Crippen molar-refractivity contribution in [3.8, 4) is 0 Å². The van der Waals surface area contributed by atoms with Crippen molar-refractivity contribution in [2.45, 2.75) is 25.9 Å². The van der Waals surface area contributed by atoms with Crippen LogP contribution in [0.2, 0.25) is 0 Å². The molecular weight excluding hydrogens is 271 g/mol. The van der Waals surface area contributed by atoms with Crippen LogP contribution in [0.5, 0.6) is 0 Å². The van der Waals surface area contributed by atoms with Gasteiger partial charge < -0.3 is 4.74 Å². The minimum absolute atomic E-state index is 0.242. The molecular formula is C12H11F5O2. The standard InChI is InChI=1S/C12H11F5O2/c1-3-19-10(18)11(13,14)9-5-4-8(6-7(9)2)12(15,16)17/h4-6H,3H2,1-2H3. The lowest BCUT2D eigenvalue weighted by molar-refractivity contribution is -0.173. The molecule has 0 radical (unpaired) electrons. The summed E-state index contributed by atoms with van der Waals surface area (Å²) < 4.78 is 68.7. The summed E-state index contributed by atoms with van der Waals surface area (Å²) in [5.74, 6) is -5.75. The van der Waals surface area contributed by atoms with Crippen molar-refractivity contribution in [1.29, 1.82) is 0 Å². The lowest BCUT2D eigenvalue weighted by atomic mass is 9.99. The van der Waals surface area contributed by atoms with Gasteiger partial charge in [0.15, 0.2) is 0 Å². The number of aryl methyl sites for hydroxylation is 1. The molecule has 0 aliphatic carbocycles. The Balaban J connectivity index is 3.19. The van der Waals surface area contributed by atoms with Gasteiger partial charge in [0.2, 0.25) is 0 Å². The largest absolute Gasteiger partial charge is 0.461 e. The first-order chi connectivity index (χ1) is 8.60. The van der Waals surface area contributed by atoms with E-state index in [-0.39, 0.29) is 12.2 Å². The maximum Gasteiger partial charge on any atom is 0.416 e. The van der Waals surface area contributed by atoms with E-state index >= 15 is 0 Å². The monoisotopic (exact) mass is 282 g/mol. The third-order valence-electron chi connectivity index (χ3n) is 2.42. The average Bonchev–Trinajstić information content (AvgIpc) is 2.27. The van der Waals surface area contributed by atoms with Gasteiger partial charge in [-0.3, -0.25) is 0 Å². The third kappa shape index (κ3) is 3.21. The van der Waals surface area contributed by atoms with Crippen LogP contribution in [0.4, 0.5) is 22.0 Å². The summed E-state index contributed by atoms with van der Waals surface area (Å²) in [6.45, 7) is 2.19. The predicted molar refractivity (Wildman–Crippen MR) is 56.7 cm³/mol. The summed E-state index contributed by atoms with van der Waals surface area (Å²) in [4.78, 5) is 11.1. The highest BCUT2D eigenvalue weighted by Gasteiger charge is 2.44. The van der Waals surface area contributed by atoms with Crippen molar-refractivity contribution < 1.29 is 31.5 Å². The SMILES string of the molecule is CCOC(=O)C(F)(F)c1ccc(C(F)(F)F)cc1C. The topological polar surface area (TPSA) is 26.3 Å². The number of ether oxygens (including phenoxy) is 1. The number of carbonyl (C=O) groups excluding carboxylic acids is 1. The molecule has 7 heteroatoms. The maximum absolute atomic E-state index is 13.7. The van der Waals surface area contributed by atoms with E-state index < -0.39 is 29.2 Å². The highest BCUT2D eigenvalue weighted by atomic mass is 19.4. The van der Waals surface area contributed by atoms with Gasteiger partial charge in [-0.2, -0.15) is 22.0 Å². The molecule has 19 heavy (non-hydrogen) atoms. The van der Waals surface area contributed by atoms with Gasteiger partial charge in [-0.15, -0.1) is 0 Å². The molecule has 0 fully saturated rings. The number of rotatable bonds is 3. The number of hydrogen-bond acceptors (Lipinski definition) is 2. The van der Waals surface area contributed by atoms with Gasteiger partial charge in [-0.25, -0.2) is 4.79 Å². The first kappa shape index (κ1) is 15.4. The van der Waals surface area contributed by atoms with Crippen molar-refractivity contribution >= 4 is 5.97 Å². The molecule has 0 bridgehead atoms. The zero-order chi connectivity index (χ0) is 14.8. The van der Waals surface area contributed by atoms with Crippen LogP contribution in [-0.2, 0) is 21.6 Å². The van der Waals surface area contributed by atoms with Crippen LogP contribution < -0.4 is 0 Å². The Hall–Kier alpha value is -1.66. The lowest BCUT2D eigenvalue weighted by Crippen LogP contribution is -2.29. The molecule has 0 heterocycles. The fourth-order valence-corrected chi connectivity index (χ4v) is 1.52. The molecule has 0 spiro atoms. The number of halogens is 5. The maximum atomic E-state index is 13.7. The molecule has 0 unspecified atom stereocenters.